The predicted molar refractivity (Wildman–Crippen MR) is 218 cm³/mol. The fourth-order valence-corrected chi connectivity index (χ4v) is 11.4. The van der Waals surface area contributed by atoms with Crippen molar-refractivity contribution in [3.8, 4) is 11.5 Å². The number of thiophene rings is 1. The first-order chi connectivity index (χ1) is 25.3. The zero-order valence-corrected chi connectivity index (χ0v) is 28.9. The van der Waals surface area contributed by atoms with E-state index in [0.717, 1.165) is 17.2 Å². The highest BCUT2D eigenvalue weighted by Crippen LogP contribution is 2.47. The first kappa shape index (κ1) is 28.1. The molecule has 3 nitrogen and oxygen atoms in total. The second-order valence-electron chi connectivity index (χ2n) is 13.6. The Balaban J connectivity index is 1.11. The average molecular weight is 684 g/mol. The van der Waals surface area contributed by atoms with Crippen molar-refractivity contribution in [2.24, 2.45) is 0 Å². The highest BCUT2D eigenvalue weighted by Gasteiger charge is 2.46. The van der Waals surface area contributed by atoms with Gasteiger partial charge in [0.2, 0.25) is 0 Å². The maximum atomic E-state index is 6.93. The van der Waals surface area contributed by atoms with Crippen LogP contribution >= 0.6 is 23.1 Å². The molecule has 0 aliphatic carbocycles. The van der Waals surface area contributed by atoms with Crippen molar-refractivity contribution >= 4 is 113 Å². The lowest BCUT2D eigenvalue weighted by Gasteiger charge is -2.41. The van der Waals surface area contributed by atoms with E-state index in [-0.39, 0.29) is 13.4 Å². The molecule has 0 saturated carbocycles. The summed E-state index contributed by atoms with van der Waals surface area (Å²) in [6.07, 6.45) is 0. The summed E-state index contributed by atoms with van der Waals surface area (Å²) in [5.41, 5.74) is 13.8. The summed E-state index contributed by atoms with van der Waals surface area (Å²) in [7, 11) is 0. The molecule has 0 N–H and O–H groups in total. The van der Waals surface area contributed by atoms with Gasteiger partial charge in [0.25, 0.3) is 13.4 Å². The summed E-state index contributed by atoms with van der Waals surface area (Å²) in [4.78, 5) is 7.50. The Hall–Kier alpha value is -5.62. The van der Waals surface area contributed by atoms with Gasteiger partial charge in [-0.1, -0.05) is 108 Å². The number of fused-ring (bicyclic) bond motifs is 10. The molecule has 12 rings (SSSR count). The lowest BCUT2D eigenvalue weighted by Crippen LogP contribution is -2.63. The Kier molecular flexibility index (Phi) is 5.76. The maximum Gasteiger partial charge on any atom is 0.262 e. The molecule has 1 aromatic heterocycles. The van der Waals surface area contributed by atoms with Crippen LogP contribution in [0.4, 0.5) is 34.1 Å². The number of nitrogens with zero attached hydrogens (tertiary/aromatic N) is 2. The van der Waals surface area contributed by atoms with E-state index in [4.69, 9.17) is 4.74 Å². The van der Waals surface area contributed by atoms with Crippen LogP contribution in [0, 0.1) is 0 Å². The third-order valence-electron chi connectivity index (χ3n) is 10.9. The van der Waals surface area contributed by atoms with Crippen molar-refractivity contribution < 1.29 is 4.74 Å². The van der Waals surface area contributed by atoms with Gasteiger partial charge in [-0.15, -0.1) is 11.3 Å². The van der Waals surface area contributed by atoms with Gasteiger partial charge in [-0.2, -0.15) is 0 Å². The minimum absolute atomic E-state index is 0.0503. The number of para-hydroxylation sites is 3. The van der Waals surface area contributed by atoms with E-state index in [1.807, 2.05) is 23.1 Å². The highest BCUT2D eigenvalue weighted by atomic mass is 32.2. The first-order valence-electron chi connectivity index (χ1n) is 17.4. The molecule has 0 amide bonds. The third-order valence-corrected chi connectivity index (χ3v) is 13.3. The van der Waals surface area contributed by atoms with Crippen LogP contribution in [0.3, 0.4) is 0 Å². The molecule has 0 saturated heterocycles. The topological polar surface area (TPSA) is 15.7 Å². The third kappa shape index (κ3) is 3.82. The SMILES string of the molecule is c1ccc(N2c3ccccc3B3c4cc5c(cc4Oc4cccc2c43)Sc2cccc3c2B5c2sc4ccccc4c2N3c2ccccc2)cc1. The van der Waals surface area contributed by atoms with E-state index in [1.165, 1.54) is 80.4 Å². The summed E-state index contributed by atoms with van der Waals surface area (Å²) < 4.78 is 9.65. The normalized spacial score (nSPS) is 14.2. The summed E-state index contributed by atoms with van der Waals surface area (Å²) in [6, 6.07) is 57.7. The van der Waals surface area contributed by atoms with E-state index < -0.39 is 0 Å². The van der Waals surface area contributed by atoms with Crippen molar-refractivity contribution in [2.45, 2.75) is 9.79 Å². The van der Waals surface area contributed by atoms with Crippen LogP contribution in [-0.4, -0.2) is 13.4 Å². The zero-order chi connectivity index (χ0) is 33.2. The fraction of sp³-hybridized carbons (Fsp3) is 0. The summed E-state index contributed by atoms with van der Waals surface area (Å²) in [6.45, 7) is 0.163. The molecule has 8 aromatic rings. The van der Waals surface area contributed by atoms with E-state index in [2.05, 4.69) is 168 Å². The number of hydrogen-bond acceptors (Lipinski definition) is 5. The average Bonchev–Trinajstić information content (AvgIpc) is 3.57. The molecule has 236 valence electrons. The molecular formula is C44H26B2N2OS2. The number of anilines is 6. The second-order valence-corrected chi connectivity index (χ2v) is 15.8. The summed E-state index contributed by atoms with van der Waals surface area (Å²) >= 11 is 3.83. The van der Waals surface area contributed by atoms with Crippen LogP contribution < -0.4 is 46.6 Å². The number of benzene rings is 7. The number of rotatable bonds is 2. The number of hydrogen-bond donors (Lipinski definition) is 0. The van der Waals surface area contributed by atoms with Crippen LogP contribution in [0.25, 0.3) is 10.1 Å². The van der Waals surface area contributed by atoms with E-state index in [0.29, 0.717) is 0 Å². The smallest absolute Gasteiger partial charge is 0.262 e. The zero-order valence-electron chi connectivity index (χ0n) is 27.3. The fourth-order valence-electron chi connectivity index (χ4n) is 8.94. The van der Waals surface area contributed by atoms with Crippen molar-refractivity contribution in [3.63, 3.8) is 0 Å². The lowest BCUT2D eigenvalue weighted by atomic mass is 9.32. The molecule has 0 unspecified atom stereocenters. The van der Waals surface area contributed by atoms with Gasteiger partial charge in [-0.3, -0.25) is 0 Å². The van der Waals surface area contributed by atoms with Crippen LogP contribution in [0.5, 0.6) is 11.5 Å². The summed E-state index contributed by atoms with van der Waals surface area (Å²) in [5.74, 6) is 1.89. The van der Waals surface area contributed by atoms with E-state index >= 15 is 0 Å². The van der Waals surface area contributed by atoms with Crippen molar-refractivity contribution in [2.75, 3.05) is 9.80 Å². The van der Waals surface area contributed by atoms with Crippen LogP contribution in [0.15, 0.2) is 168 Å². The lowest BCUT2D eigenvalue weighted by molar-refractivity contribution is 0.486. The van der Waals surface area contributed by atoms with Gasteiger partial charge in [-0.25, -0.2) is 0 Å². The highest BCUT2D eigenvalue weighted by molar-refractivity contribution is 8.00. The van der Waals surface area contributed by atoms with Gasteiger partial charge in [0.1, 0.15) is 11.5 Å². The molecule has 0 bridgehead atoms. The first-order valence-corrected chi connectivity index (χ1v) is 19.1. The molecule has 0 spiro atoms. The molecule has 0 radical (unpaired) electrons. The molecule has 7 heteroatoms. The Morgan fingerprint density at radius 2 is 1.16 bits per heavy atom. The van der Waals surface area contributed by atoms with Gasteiger partial charge >= 0.3 is 0 Å². The van der Waals surface area contributed by atoms with Crippen molar-refractivity contribution in [3.05, 3.63) is 158 Å². The van der Waals surface area contributed by atoms with Gasteiger partial charge in [0.15, 0.2) is 0 Å². The monoisotopic (exact) mass is 684 g/mol. The largest absolute Gasteiger partial charge is 0.458 e. The Bertz CT molecular complexity index is 2750. The molecule has 51 heavy (non-hydrogen) atoms. The predicted octanol–water partition coefficient (Wildman–Crippen LogP) is 8.07. The summed E-state index contributed by atoms with van der Waals surface area (Å²) in [5, 5.41) is 1.30. The van der Waals surface area contributed by atoms with Gasteiger partial charge < -0.3 is 14.5 Å². The molecule has 0 fully saturated rings. The molecule has 7 aromatic carbocycles. The Morgan fingerprint density at radius 1 is 0.471 bits per heavy atom. The van der Waals surface area contributed by atoms with E-state index in [9.17, 15) is 0 Å². The molecular weight excluding hydrogens is 658 g/mol. The second kappa shape index (κ2) is 10.5. The van der Waals surface area contributed by atoms with Crippen molar-refractivity contribution in [1.82, 2.24) is 0 Å². The standard InChI is InChI=1S/C44H26B2N2OS2/c1-3-13-27(14-4-1)47-33-19-9-8-18-30(33)45-31-25-32-40(26-37(31)49-36-22-11-20-34(47)41(36)45)50-39-24-12-21-35-42(39)46(32)44-43(29-17-7-10-23-38(29)51-44)48(35)28-15-5-2-6-16-28/h1-26H. The minimum atomic E-state index is 0.0503. The molecule has 4 aliphatic heterocycles. The van der Waals surface area contributed by atoms with Gasteiger partial charge in [0, 0.05) is 53.1 Å². The van der Waals surface area contributed by atoms with Crippen LogP contribution in [0.2, 0.25) is 0 Å². The quantitative estimate of drug-likeness (QED) is 0.171. The molecule has 5 heterocycles. The minimum Gasteiger partial charge on any atom is -0.458 e. The van der Waals surface area contributed by atoms with Gasteiger partial charge in [0.05, 0.1) is 5.69 Å². The van der Waals surface area contributed by atoms with Crippen LogP contribution in [0.1, 0.15) is 0 Å². The van der Waals surface area contributed by atoms with Gasteiger partial charge in [-0.05, 0) is 88.6 Å². The van der Waals surface area contributed by atoms with E-state index in [1.54, 1.807) is 0 Å². The Morgan fingerprint density at radius 3 is 2.00 bits per heavy atom. The number of ether oxygens (including phenoxy) is 1. The molecule has 0 atom stereocenters. The van der Waals surface area contributed by atoms with Crippen molar-refractivity contribution in [1.29, 1.82) is 0 Å². The Labute approximate surface area is 304 Å². The molecule has 4 aliphatic rings. The maximum absolute atomic E-state index is 6.93. The van der Waals surface area contributed by atoms with Crippen LogP contribution in [-0.2, 0) is 0 Å².